The van der Waals surface area contributed by atoms with E-state index in [4.69, 9.17) is 23.2 Å². The minimum atomic E-state index is -0.117. The number of amides is 2. The van der Waals surface area contributed by atoms with E-state index >= 15 is 0 Å². The topological polar surface area (TPSA) is 40.6 Å². The summed E-state index contributed by atoms with van der Waals surface area (Å²) in [5.41, 5.74) is 1.03. The number of rotatable bonds is 3. The van der Waals surface area contributed by atoms with Crippen molar-refractivity contribution in [3.05, 3.63) is 33.8 Å². The third-order valence-electron chi connectivity index (χ3n) is 6.94. The number of nitrogens with zero attached hydrogens (tertiary/aromatic N) is 2. The molecular weight excluding hydrogens is 395 g/mol. The molecule has 0 spiro atoms. The summed E-state index contributed by atoms with van der Waals surface area (Å²) in [5, 5.41) is 1.13. The van der Waals surface area contributed by atoms with E-state index in [0.717, 1.165) is 44.3 Å². The summed E-state index contributed by atoms with van der Waals surface area (Å²) in [5.74, 6) is 1.25. The molecule has 1 aromatic carbocycles. The van der Waals surface area contributed by atoms with Gasteiger partial charge in [0.1, 0.15) is 0 Å². The number of hydrogen-bond donors (Lipinski definition) is 0. The van der Waals surface area contributed by atoms with Crippen molar-refractivity contribution in [2.24, 2.45) is 17.3 Å². The van der Waals surface area contributed by atoms with Crippen LogP contribution in [0.3, 0.4) is 0 Å². The normalized spacial score (nSPS) is 27.1. The lowest BCUT2D eigenvalue weighted by Gasteiger charge is -2.34. The molecule has 2 heterocycles. The van der Waals surface area contributed by atoms with Crippen LogP contribution in [-0.2, 0) is 9.59 Å². The molecule has 0 radical (unpaired) electrons. The Labute approximate surface area is 177 Å². The Bertz CT molecular complexity index is 785. The van der Waals surface area contributed by atoms with Crippen LogP contribution in [-0.4, -0.2) is 47.8 Å². The molecule has 2 amide bonds. The van der Waals surface area contributed by atoms with Crippen molar-refractivity contribution in [1.29, 1.82) is 0 Å². The summed E-state index contributed by atoms with van der Waals surface area (Å²) in [6.45, 7) is 7.18. The van der Waals surface area contributed by atoms with Crippen molar-refractivity contribution in [3.63, 3.8) is 0 Å². The van der Waals surface area contributed by atoms with Gasteiger partial charge in [0.15, 0.2) is 0 Å². The van der Waals surface area contributed by atoms with E-state index in [2.05, 4.69) is 13.8 Å². The zero-order valence-corrected chi connectivity index (χ0v) is 18.1. The van der Waals surface area contributed by atoms with Gasteiger partial charge in [0, 0.05) is 43.4 Å². The second-order valence-corrected chi connectivity index (χ2v) is 9.94. The van der Waals surface area contributed by atoms with Gasteiger partial charge in [0.2, 0.25) is 11.8 Å². The molecule has 2 aliphatic heterocycles. The quantitative estimate of drug-likeness (QED) is 0.714. The molecule has 152 valence electrons. The van der Waals surface area contributed by atoms with Gasteiger partial charge in [-0.2, -0.15) is 0 Å². The highest BCUT2D eigenvalue weighted by Gasteiger charge is 2.48. The summed E-state index contributed by atoms with van der Waals surface area (Å²) < 4.78 is 0. The monoisotopic (exact) mass is 422 g/mol. The minimum absolute atomic E-state index is 0.0378. The highest BCUT2D eigenvalue weighted by atomic mass is 35.5. The zero-order chi connectivity index (χ0) is 20.1. The molecule has 2 atom stereocenters. The van der Waals surface area contributed by atoms with Crippen LogP contribution in [0.4, 0.5) is 0 Å². The smallest absolute Gasteiger partial charge is 0.228 e. The van der Waals surface area contributed by atoms with Gasteiger partial charge in [-0.05, 0) is 49.3 Å². The molecule has 2 saturated heterocycles. The Kier molecular flexibility index (Phi) is 5.39. The van der Waals surface area contributed by atoms with Gasteiger partial charge in [-0.3, -0.25) is 9.59 Å². The van der Waals surface area contributed by atoms with E-state index in [0.29, 0.717) is 29.1 Å². The fourth-order valence-corrected chi connectivity index (χ4v) is 5.00. The van der Waals surface area contributed by atoms with Crippen molar-refractivity contribution in [2.45, 2.75) is 45.4 Å². The summed E-state index contributed by atoms with van der Waals surface area (Å²) in [6.07, 6.45) is 3.57. The van der Waals surface area contributed by atoms with Crippen LogP contribution in [0.1, 0.15) is 51.0 Å². The zero-order valence-electron chi connectivity index (χ0n) is 16.6. The SMILES string of the molecule is CC1CN(C(=O)C2CCN(C(=O)C3(C)CC3)CC2)C[C@@H]1c1ccc(Cl)c(Cl)c1. The maximum Gasteiger partial charge on any atom is 0.228 e. The molecule has 0 bridgehead atoms. The van der Waals surface area contributed by atoms with Gasteiger partial charge >= 0.3 is 0 Å². The average molecular weight is 423 g/mol. The molecule has 4 nitrogen and oxygen atoms in total. The Morgan fingerprint density at radius 3 is 2.32 bits per heavy atom. The van der Waals surface area contributed by atoms with E-state index in [-0.39, 0.29) is 29.1 Å². The molecule has 0 aromatic heterocycles. The number of piperidine rings is 1. The van der Waals surface area contributed by atoms with E-state index < -0.39 is 0 Å². The Morgan fingerprint density at radius 1 is 1.04 bits per heavy atom. The lowest BCUT2D eigenvalue weighted by Crippen LogP contribution is -2.45. The van der Waals surface area contributed by atoms with Crippen molar-refractivity contribution < 1.29 is 9.59 Å². The second-order valence-electron chi connectivity index (χ2n) is 9.13. The van der Waals surface area contributed by atoms with Crippen LogP contribution in [0.5, 0.6) is 0 Å². The fourth-order valence-electron chi connectivity index (χ4n) is 4.69. The minimum Gasteiger partial charge on any atom is -0.342 e. The van der Waals surface area contributed by atoms with Gasteiger partial charge in [-0.15, -0.1) is 0 Å². The van der Waals surface area contributed by atoms with Crippen LogP contribution in [0, 0.1) is 17.3 Å². The molecule has 6 heteroatoms. The van der Waals surface area contributed by atoms with Gasteiger partial charge in [-0.1, -0.05) is 43.1 Å². The first-order chi connectivity index (χ1) is 13.3. The van der Waals surface area contributed by atoms with Crippen molar-refractivity contribution in [2.75, 3.05) is 26.2 Å². The van der Waals surface area contributed by atoms with E-state index in [9.17, 15) is 9.59 Å². The molecule has 1 aliphatic carbocycles. The average Bonchev–Trinajstić information content (AvgIpc) is 3.33. The lowest BCUT2D eigenvalue weighted by atomic mass is 9.90. The lowest BCUT2D eigenvalue weighted by molar-refractivity contribution is -0.142. The predicted molar refractivity (Wildman–Crippen MR) is 112 cm³/mol. The summed E-state index contributed by atoms with van der Waals surface area (Å²) >= 11 is 12.2. The van der Waals surface area contributed by atoms with E-state index in [1.807, 2.05) is 28.0 Å². The highest BCUT2D eigenvalue weighted by Crippen LogP contribution is 2.47. The number of benzene rings is 1. The molecule has 3 aliphatic rings. The number of carbonyl (C=O) groups is 2. The van der Waals surface area contributed by atoms with Crippen LogP contribution in [0.25, 0.3) is 0 Å². The van der Waals surface area contributed by atoms with Gasteiger partial charge in [0.25, 0.3) is 0 Å². The molecule has 1 unspecified atom stereocenters. The molecule has 1 aromatic rings. The number of carbonyl (C=O) groups excluding carboxylic acids is 2. The summed E-state index contributed by atoms with van der Waals surface area (Å²) in [4.78, 5) is 29.6. The molecule has 1 saturated carbocycles. The Hall–Kier alpha value is -1.26. The fraction of sp³-hybridized carbons (Fsp3) is 0.636. The number of halogens is 2. The predicted octanol–water partition coefficient (Wildman–Crippen LogP) is 4.59. The summed E-state index contributed by atoms with van der Waals surface area (Å²) in [6, 6.07) is 5.79. The van der Waals surface area contributed by atoms with Crippen LogP contribution < -0.4 is 0 Å². The maximum absolute atomic E-state index is 13.1. The van der Waals surface area contributed by atoms with E-state index in [1.54, 1.807) is 0 Å². The van der Waals surface area contributed by atoms with Crippen LogP contribution in [0.15, 0.2) is 18.2 Å². The second kappa shape index (κ2) is 7.53. The molecule has 28 heavy (non-hydrogen) atoms. The maximum atomic E-state index is 13.1. The Balaban J connectivity index is 1.35. The van der Waals surface area contributed by atoms with Crippen molar-refractivity contribution >= 4 is 35.0 Å². The number of hydrogen-bond acceptors (Lipinski definition) is 2. The van der Waals surface area contributed by atoms with Gasteiger partial charge in [0.05, 0.1) is 10.0 Å². The van der Waals surface area contributed by atoms with Gasteiger partial charge in [-0.25, -0.2) is 0 Å². The Morgan fingerprint density at radius 2 is 1.71 bits per heavy atom. The first-order valence-corrected chi connectivity index (χ1v) is 11.1. The standard InChI is InChI=1S/C22H28Cl2N2O2/c1-14-12-26(13-17(14)16-3-4-18(23)19(24)11-16)20(27)15-5-9-25(10-6-15)21(28)22(2)7-8-22/h3-4,11,14-15,17H,5-10,12-13H2,1-2H3/t14?,17-/m0/s1. The molecule has 0 N–H and O–H groups in total. The number of likely N-dealkylation sites (tertiary alicyclic amines) is 2. The largest absolute Gasteiger partial charge is 0.342 e. The first kappa shape index (κ1) is 20.0. The third kappa shape index (κ3) is 3.78. The summed E-state index contributed by atoms with van der Waals surface area (Å²) in [7, 11) is 0. The van der Waals surface area contributed by atoms with Crippen molar-refractivity contribution in [1.82, 2.24) is 9.80 Å². The van der Waals surface area contributed by atoms with Crippen LogP contribution in [0.2, 0.25) is 10.0 Å². The third-order valence-corrected chi connectivity index (χ3v) is 7.68. The van der Waals surface area contributed by atoms with Gasteiger partial charge < -0.3 is 9.80 Å². The molecular formula is C22H28Cl2N2O2. The van der Waals surface area contributed by atoms with Crippen LogP contribution >= 0.6 is 23.2 Å². The highest BCUT2D eigenvalue weighted by molar-refractivity contribution is 6.42. The van der Waals surface area contributed by atoms with Crippen molar-refractivity contribution in [3.8, 4) is 0 Å². The van der Waals surface area contributed by atoms with E-state index in [1.165, 1.54) is 0 Å². The first-order valence-electron chi connectivity index (χ1n) is 10.3. The molecule has 4 rings (SSSR count). The molecule has 3 fully saturated rings.